The number of carboxylic acids is 1. The molecule has 22 heavy (non-hydrogen) atoms. The van der Waals surface area contributed by atoms with E-state index in [-0.39, 0.29) is 11.4 Å². The van der Waals surface area contributed by atoms with Crippen LogP contribution in [0.4, 0.5) is 16.2 Å². The number of amides is 1. The molecule has 0 aliphatic rings. The molecule has 1 amide bonds. The Morgan fingerprint density at radius 2 is 1.77 bits per heavy atom. The van der Waals surface area contributed by atoms with Crippen molar-refractivity contribution in [2.24, 2.45) is 0 Å². The third kappa shape index (κ3) is 4.44. The molecule has 0 saturated carbocycles. The number of nitrogens with zero attached hydrogens (tertiary/aromatic N) is 2. The number of carbonyl (C=O) groups excluding carboxylic acids is 1. The lowest BCUT2D eigenvalue weighted by molar-refractivity contribution is -0.384. The summed E-state index contributed by atoms with van der Waals surface area (Å²) in [5.41, 5.74) is -0.750. The van der Waals surface area contributed by atoms with Crippen molar-refractivity contribution in [2.75, 3.05) is 4.90 Å². The number of carbonyl (C=O) groups is 2. The first-order valence-electron chi connectivity index (χ1n) is 6.52. The number of nitro groups is 1. The molecular weight excluding hydrogens is 292 g/mol. The van der Waals surface area contributed by atoms with Crippen molar-refractivity contribution in [1.82, 2.24) is 0 Å². The average Bonchev–Trinajstić information content (AvgIpc) is 2.37. The first kappa shape index (κ1) is 17.4. The van der Waals surface area contributed by atoms with Crippen LogP contribution >= 0.6 is 0 Å². The third-order valence-electron chi connectivity index (χ3n) is 2.67. The highest BCUT2D eigenvalue weighted by atomic mass is 16.6. The van der Waals surface area contributed by atoms with Crippen LogP contribution in [0.15, 0.2) is 24.3 Å². The molecule has 0 spiro atoms. The van der Waals surface area contributed by atoms with E-state index in [0.717, 1.165) is 4.90 Å². The molecule has 0 radical (unpaired) electrons. The highest BCUT2D eigenvalue weighted by Crippen LogP contribution is 2.23. The van der Waals surface area contributed by atoms with E-state index < -0.39 is 28.6 Å². The summed E-state index contributed by atoms with van der Waals surface area (Å²) in [6, 6.07) is 3.82. The van der Waals surface area contributed by atoms with Gasteiger partial charge >= 0.3 is 12.1 Å². The molecule has 0 bridgehead atoms. The van der Waals surface area contributed by atoms with Crippen LogP contribution in [0.3, 0.4) is 0 Å². The van der Waals surface area contributed by atoms with Gasteiger partial charge in [-0.3, -0.25) is 15.0 Å². The number of anilines is 1. The van der Waals surface area contributed by atoms with Gasteiger partial charge in [-0.15, -0.1) is 0 Å². The first-order valence-corrected chi connectivity index (χ1v) is 6.52. The van der Waals surface area contributed by atoms with Crippen LogP contribution < -0.4 is 4.90 Å². The van der Waals surface area contributed by atoms with Crippen molar-refractivity contribution < 1.29 is 24.4 Å². The van der Waals surface area contributed by atoms with Gasteiger partial charge in [-0.05, 0) is 39.8 Å². The molecule has 1 atom stereocenters. The van der Waals surface area contributed by atoms with E-state index in [9.17, 15) is 19.7 Å². The summed E-state index contributed by atoms with van der Waals surface area (Å²) in [6.45, 7) is 6.30. The molecule has 0 aromatic heterocycles. The van der Waals surface area contributed by atoms with Gasteiger partial charge < -0.3 is 9.84 Å². The molecule has 1 aromatic carbocycles. The van der Waals surface area contributed by atoms with Crippen LogP contribution in [0.2, 0.25) is 0 Å². The highest BCUT2D eigenvalue weighted by molar-refractivity contribution is 5.95. The molecule has 1 N–H and O–H groups in total. The largest absolute Gasteiger partial charge is 0.480 e. The quantitative estimate of drug-likeness (QED) is 0.676. The van der Waals surface area contributed by atoms with E-state index in [0.29, 0.717) is 0 Å². The molecule has 0 heterocycles. The molecule has 1 rings (SSSR count). The number of aliphatic carboxylic acids is 1. The number of benzene rings is 1. The van der Waals surface area contributed by atoms with Crippen LogP contribution in [-0.4, -0.2) is 33.7 Å². The molecular formula is C14H18N2O6. The van der Waals surface area contributed by atoms with E-state index in [1.54, 1.807) is 20.8 Å². The van der Waals surface area contributed by atoms with Gasteiger partial charge in [-0.25, -0.2) is 9.59 Å². The molecule has 1 aromatic rings. The number of ether oxygens (including phenoxy) is 1. The standard InChI is InChI=1S/C14H18N2O6/c1-9(12(17)18)15(13(19)22-14(2,3)4)10-5-7-11(8-6-10)16(20)21/h5-9H,1-4H3,(H,17,18)/t9-/m0/s1. The fourth-order valence-electron chi connectivity index (χ4n) is 1.64. The average molecular weight is 310 g/mol. The van der Waals surface area contributed by atoms with Gasteiger partial charge in [0.25, 0.3) is 5.69 Å². The molecule has 8 nitrogen and oxygen atoms in total. The van der Waals surface area contributed by atoms with E-state index in [2.05, 4.69) is 0 Å². The van der Waals surface area contributed by atoms with Gasteiger partial charge in [-0.1, -0.05) is 0 Å². The van der Waals surface area contributed by atoms with Crippen LogP contribution in [0.5, 0.6) is 0 Å². The molecule has 0 aliphatic carbocycles. The van der Waals surface area contributed by atoms with Crippen LogP contribution in [0, 0.1) is 10.1 Å². The van der Waals surface area contributed by atoms with Crippen molar-refractivity contribution in [1.29, 1.82) is 0 Å². The summed E-state index contributed by atoms with van der Waals surface area (Å²) in [5.74, 6) is -1.22. The Kier molecular flexibility index (Phi) is 5.08. The SMILES string of the molecule is C[C@@H](C(=O)O)N(C(=O)OC(C)(C)C)c1ccc([N+](=O)[O-])cc1. The Morgan fingerprint density at radius 3 is 2.14 bits per heavy atom. The summed E-state index contributed by atoms with van der Waals surface area (Å²) in [7, 11) is 0. The Hall–Kier alpha value is -2.64. The summed E-state index contributed by atoms with van der Waals surface area (Å²) in [5, 5.41) is 19.8. The van der Waals surface area contributed by atoms with Crippen molar-refractivity contribution in [2.45, 2.75) is 39.3 Å². The second kappa shape index (κ2) is 6.42. The molecule has 120 valence electrons. The lowest BCUT2D eigenvalue weighted by Crippen LogP contribution is -2.46. The lowest BCUT2D eigenvalue weighted by atomic mass is 10.2. The predicted molar refractivity (Wildman–Crippen MR) is 78.9 cm³/mol. The number of rotatable bonds is 4. The van der Waals surface area contributed by atoms with Gasteiger partial charge in [0, 0.05) is 17.8 Å². The molecule has 0 unspecified atom stereocenters. The molecule has 0 saturated heterocycles. The van der Waals surface area contributed by atoms with Crippen LogP contribution in [-0.2, 0) is 9.53 Å². The third-order valence-corrected chi connectivity index (χ3v) is 2.67. The topological polar surface area (TPSA) is 110 Å². The molecule has 8 heteroatoms. The van der Waals surface area contributed by atoms with Gasteiger partial charge in [0.2, 0.25) is 0 Å². The smallest absolute Gasteiger partial charge is 0.415 e. The summed E-state index contributed by atoms with van der Waals surface area (Å²) >= 11 is 0. The Labute approximate surface area is 127 Å². The lowest BCUT2D eigenvalue weighted by Gasteiger charge is -2.29. The summed E-state index contributed by atoms with van der Waals surface area (Å²) in [4.78, 5) is 34.4. The zero-order valence-electron chi connectivity index (χ0n) is 12.8. The maximum Gasteiger partial charge on any atom is 0.415 e. The van der Waals surface area contributed by atoms with Gasteiger partial charge in [0.15, 0.2) is 0 Å². The minimum Gasteiger partial charge on any atom is -0.480 e. The minimum atomic E-state index is -1.22. The van der Waals surface area contributed by atoms with Gasteiger partial charge in [-0.2, -0.15) is 0 Å². The normalized spacial score (nSPS) is 12.4. The maximum atomic E-state index is 12.2. The molecule has 0 aliphatic heterocycles. The van der Waals surface area contributed by atoms with Gasteiger partial charge in [0.05, 0.1) is 4.92 Å². The maximum absolute atomic E-state index is 12.2. The second-order valence-corrected chi connectivity index (χ2v) is 5.64. The zero-order valence-corrected chi connectivity index (χ0v) is 12.8. The van der Waals surface area contributed by atoms with E-state index >= 15 is 0 Å². The fraction of sp³-hybridized carbons (Fsp3) is 0.429. The number of carboxylic acid groups (broad SMARTS) is 1. The number of nitro benzene ring substituents is 1. The van der Waals surface area contributed by atoms with Crippen LogP contribution in [0.25, 0.3) is 0 Å². The van der Waals surface area contributed by atoms with Crippen molar-refractivity contribution in [3.05, 3.63) is 34.4 Å². The predicted octanol–water partition coefficient (Wildman–Crippen LogP) is 2.81. The van der Waals surface area contributed by atoms with E-state index in [4.69, 9.17) is 9.84 Å². The van der Waals surface area contributed by atoms with Crippen molar-refractivity contribution >= 4 is 23.4 Å². The van der Waals surface area contributed by atoms with E-state index in [1.165, 1.54) is 31.2 Å². The second-order valence-electron chi connectivity index (χ2n) is 5.64. The summed E-state index contributed by atoms with van der Waals surface area (Å²) < 4.78 is 5.19. The van der Waals surface area contributed by atoms with Crippen molar-refractivity contribution in [3.63, 3.8) is 0 Å². The monoisotopic (exact) mass is 310 g/mol. The van der Waals surface area contributed by atoms with E-state index in [1.807, 2.05) is 0 Å². The minimum absolute atomic E-state index is 0.157. The number of non-ortho nitro benzene ring substituents is 1. The van der Waals surface area contributed by atoms with Crippen LogP contribution in [0.1, 0.15) is 27.7 Å². The molecule has 0 fully saturated rings. The summed E-state index contributed by atoms with van der Waals surface area (Å²) in [6.07, 6.45) is -0.837. The first-order chi connectivity index (χ1) is 10.0. The Morgan fingerprint density at radius 1 is 1.27 bits per heavy atom. The zero-order chi connectivity index (χ0) is 17.1. The Balaban J connectivity index is 3.17. The van der Waals surface area contributed by atoms with Gasteiger partial charge in [0.1, 0.15) is 11.6 Å². The van der Waals surface area contributed by atoms with Crippen molar-refractivity contribution in [3.8, 4) is 0 Å². The number of hydrogen-bond donors (Lipinski definition) is 1. The number of hydrogen-bond acceptors (Lipinski definition) is 5. The highest BCUT2D eigenvalue weighted by Gasteiger charge is 2.31. The Bertz CT molecular complexity index is 576. The fourth-order valence-corrected chi connectivity index (χ4v) is 1.64.